The molecule has 0 spiro atoms. The molecule has 5 N–H and O–H groups in total. The summed E-state index contributed by atoms with van der Waals surface area (Å²) in [5, 5.41) is 48.6. The Morgan fingerprint density at radius 2 is 1.86 bits per heavy atom. The molecule has 29 heavy (non-hydrogen) atoms. The van der Waals surface area contributed by atoms with E-state index in [1.54, 1.807) is 0 Å². The third-order valence-electron chi connectivity index (χ3n) is 4.71. The van der Waals surface area contributed by atoms with E-state index in [1.165, 1.54) is 20.1 Å². The van der Waals surface area contributed by atoms with Crippen LogP contribution in [0.1, 0.15) is 13.3 Å². The van der Waals surface area contributed by atoms with Crippen LogP contribution >= 0.6 is 0 Å². The van der Waals surface area contributed by atoms with Crippen molar-refractivity contribution in [3.8, 4) is 0 Å². The molecule has 1 saturated heterocycles. The lowest BCUT2D eigenvalue weighted by molar-refractivity contribution is -0.327. The largest absolute Gasteiger partial charge is 0.468 e. The van der Waals surface area contributed by atoms with Crippen LogP contribution in [-0.4, -0.2) is 94.6 Å². The molecule has 0 aromatic heterocycles. The highest BCUT2D eigenvalue weighted by molar-refractivity contribution is 5.91. The van der Waals surface area contributed by atoms with Crippen LogP contribution in [0, 0.1) is 5.92 Å². The summed E-state index contributed by atoms with van der Waals surface area (Å²) in [6.45, 7) is 0.222. The fraction of sp³-hybridized carbons (Fsp3) is 0.667. The van der Waals surface area contributed by atoms with Gasteiger partial charge in [-0.15, -0.1) is 0 Å². The monoisotopic (exact) mass is 418 g/mol. The Morgan fingerprint density at radius 3 is 2.41 bits per heavy atom. The van der Waals surface area contributed by atoms with E-state index in [0.717, 1.165) is 6.26 Å². The number of aliphatic hydroxyl groups excluding tert-OH is 5. The molecule has 0 aliphatic carbocycles. The molecule has 11 heteroatoms. The Balaban J connectivity index is 2.31. The summed E-state index contributed by atoms with van der Waals surface area (Å²) in [7, 11) is 1.17. The second kappa shape index (κ2) is 10.3. The van der Waals surface area contributed by atoms with Crippen molar-refractivity contribution in [2.75, 3.05) is 20.3 Å². The zero-order valence-electron chi connectivity index (χ0n) is 16.0. The van der Waals surface area contributed by atoms with Crippen molar-refractivity contribution in [2.45, 2.75) is 50.3 Å². The molecule has 0 saturated carbocycles. The van der Waals surface area contributed by atoms with Gasteiger partial charge in [-0.1, -0.05) is 6.08 Å². The van der Waals surface area contributed by atoms with Gasteiger partial charge in [-0.05, 0) is 6.92 Å². The van der Waals surface area contributed by atoms with E-state index in [4.69, 9.17) is 18.9 Å². The first kappa shape index (κ1) is 23.4. The van der Waals surface area contributed by atoms with Gasteiger partial charge < -0.3 is 44.5 Å². The average Bonchev–Trinajstić information content (AvgIpc) is 2.69. The van der Waals surface area contributed by atoms with Gasteiger partial charge in [0, 0.05) is 17.9 Å². The number of esters is 1. The van der Waals surface area contributed by atoms with E-state index >= 15 is 0 Å². The van der Waals surface area contributed by atoms with Gasteiger partial charge in [-0.25, -0.2) is 4.79 Å². The number of Topliss-reactive ketones (excluding diaryl/α,β-unsaturated/α-hetero) is 1. The molecule has 11 nitrogen and oxygen atoms in total. The first-order valence-electron chi connectivity index (χ1n) is 8.95. The second-order valence-corrected chi connectivity index (χ2v) is 6.71. The number of carbonyl (C=O) groups is 2. The normalized spacial score (nSPS) is 36.3. The summed E-state index contributed by atoms with van der Waals surface area (Å²) in [6, 6.07) is 0. The first-order valence-corrected chi connectivity index (χ1v) is 8.95. The molecule has 0 unspecified atom stereocenters. The summed E-state index contributed by atoms with van der Waals surface area (Å²) < 4.78 is 21.0. The van der Waals surface area contributed by atoms with Gasteiger partial charge in [0.05, 0.1) is 32.2 Å². The topological polar surface area (TPSA) is 172 Å². The fourth-order valence-electron chi connectivity index (χ4n) is 3.22. The van der Waals surface area contributed by atoms with Crippen molar-refractivity contribution < 1.29 is 54.1 Å². The number of rotatable bonds is 7. The molecular formula is C18H26O11. The van der Waals surface area contributed by atoms with Crippen LogP contribution < -0.4 is 0 Å². The molecule has 0 amide bonds. The average molecular weight is 418 g/mol. The van der Waals surface area contributed by atoms with Crippen LogP contribution in [0.3, 0.4) is 0 Å². The van der Waals surface area contributed by atoms with Crippen LogP contribution in [0.15, 0.2) is 23.5 Å². The molecule has 164 valence electrons. The van der Waals surface area contributed by atoms with E-state index in [0.29, 0.717) is 0 Å². The van der Waals surface area contributed by atoms with Crippen LogP contribution in [0.4, 0.5) is 0 Å². The van der Waals surface area contributed by atoms with Gasteiger partial charge in [0.2, 0.25) is 6.29 Å². The molecule has 0 aromatic carbocycles. The minimum absolute atomic E-state index is 0.0380. The minimum atomic E-state index is -1.68. The van der Waals surface area contributed by atoms with Crippen LogP contribution in [-0.2, 0) is 28.5 Å². The van der Waals surface area contributed by atoms with Gasteiger partial charge in [-0.2, -0.15) is 0 Å². The number of ether oxygens (including phenoxy) is 4. The van der Waals surface area contributed by atoms with Gasteiger partial charge in [0.25, 0.3) is 0 Å². The van der Waals surface area contributed by atoms with Crippen molar-refractivity contribution in [2.24, 2.45) is 5.92 Å². The van der Waals surface area contributed by atoms with E-state index in [9.17, 15) is 35.1 Å². The number of methoxy groups -OCH3 is 1. The molecule has 0 radical (unpaired) electrons. The smallest absolute Gasteiger partial charge is 0.337 e. The van der Waals surface area contributed by atoms with E-state index < -0.39 is 62.1 Å². The minimum Gasteiger partial charge on any atom is -0.468 e. The molecule has 0 bridgehead atoms. The maximum atomic E-state index is 12.1. The lowest BCUT2D eigenvalue weighted by Gasteiger charge is -2.42. The number of hydrogen-bond donors (Lipinski definition) is 5. The van der Waals surface area contributed by atoms with Gasteiger partial charge in [0.1, 0.15) is 30.2 Å². The predicted octanol–water partition coefficient (Wildman–Crippen LogP) is -2.27. The molecule has 0 aromatic rings. The Bertz CT molecular complexity index is 656. The van der Waals surface area contributed by atoms with E-state index in [2.05, 4.69) is 0 Å². The van der Waals surface area contributed by atoms with Crippen LogP contribution in [0.5, 0.6) is 0 Å². The Kier molecular flexibility index (Phi) is 8.28. The molecule has 7 atom stereocenters. The summed E-state index contributed by atoms with van der Waals surface area (Å²) in [5.41, 5.74) is 0.249. The lowest BCUT2D eigenvalue weighted by Crippen LogP contribution is -2.60. The molecule has 2 heterocycles. The zero-order chi connectivity index (χ0) is 21.7. The first-order chi connectivity index (χ1) is 13.7. The van der Waals surface area contributed by atoms with Crippen LogP contribution in [0.25, 0.3) is 0 Å². The fourth-order valence-corrected chi connectivity index (χ4v) is 3.22. The predicted molar refractivity (Wildman–Crippen MR) is 93.8 cm³/mol. The quantitative estimate of drug-likeness (QED) is 0.223. The number of carbonyl (C=O) groups excluding carboxylic acids is 2. The maximum absolute atomic E-state index is 12.1. The summed E-state index contributed by atoms with van der Waals surface area (Å²) >= 11 is 0. The SMILES string of the molecule is COC(=O)C1=CO[C@@H](O[C@@H]2O[C@H](CO)[C@@H](O)[C@H](O)[C@H]2O)/C(=C/CO)[C@@H]1CC(C)=O. The number of hydrogen-bond acceptors (Lipinski definition) is 11. The Morgan fingerprint density at radius 1 is 1.17 bits per heavy atom. The molecule has 2 rings (SSSR count). The summed E-state index contributed by atoms with van der Waals surface area (Å²) in [6.07, 6.45) is -6.65. The lowest BCUT2D eigenvalue weighted by atomic mass is 9.85. The van der Waals surface area contributed by atoms with Gasteiger partial charge >= 0.3 is 5.97 Å². The Labute approximate surface area is 166 Å². The van der Waals surface area contributed by atoms with Crippen molar-refractivity contribution in [3.05, 3.63) is 23.5 Å². The molecule has 1 fully saturated rings. The highest BCUT2D eigenvalue weighted by atomic mass is 16.8. The maximum Gasteiger partial charge on any atom is 0.337 e. The number of aliphatic hydroxyl groups is 5. The molecular weight excluding hydrogens is 392 g/mol. The Hall–Kier alpha value is -1.86. The highest BCUT2D eigenvalue weighted by Gasteiger charge is 2.46. The van der Waals surface area contributed by atoms with Crippen molar-refractivity contribution in [1.82, 2.24) is 0 Å². The van der Waals surface area contributed by atoms with E-state index in [1.807, 2.05) is 0 Å². The summed E-state index contributed by atoms with van der Waals surface area (Å²) in [4.78, 5) is 23.8. The van der Waals surface area contributed by atoms with Gasteiger partial charge in [-0.3, -0.25) is 4.79 Å². The molecule has 2 aliphatic heterocycles. The third-order valence-corrected chi connectivity index (χ3v) is 4.71. The second-order valence-electron chi connectivity index (χ2n) is 6.71. The number of ketones is 1. The van der Waals surface area contributed by atoms with Crippen molar-refractivity contribution in [1.29, 1.82) is 0 Å². The van der Waals surface area contributed by atoms with Crippen molar-refractivity contribution >= 4 is 11.8 Å². The highest BCUT2D eigenvalue weighted by Crippen LogP contribution is 2.36. The standard InChI is InChI=1S/C18H26O11/c1-8(21)5-10-9(3-4-19)17(27-7-11(10)16(25)26-2)29-18-15(24)14(23)13(22)12(6-20)28-18/h3,7,10,12-15,17-20,22-24H,4-6H2,1-2H3/b9-3+/t10-,12+,13+,14-,15+,17-,18-/m0/s1. The molecule has 2 aliphatic rings. The zero-order valence-corrected chi connectivity index (χ0v) is 16.0. The van der Waals surface area contributed by atoms with Gasteiger partial charge in [0.15, 0.2) is 6.29 Å². The third kappa shape index (κ3) is 5.20. The summed E-state index contributed by atoms with van der Waals surface area (Å²) in [5.74, 6) is -1.80. The van der Waals surface area contributed by atoms with Crippen LogP contribution in [0.2, 0.25) is 0 Å². The van der Waals surface area contributed by atoms with E-state index in [-0.39, 0.29) is 23.4 Å². The van der Waals surface area contributed by atoms with Crippen molar-refractivity contribution in [3.63, 3.8) is 0 Å².